The summed E-state index contributed by atoms with van der Waals surface area (Å²) in [5.41, 5.74) is 6.36. The number of fused-ring (bicyclic) bond motifs is 1. The Morgan fingerprint density at radius 1 is 1.29 bits per heavy atom. The number of ether oxygens (including phenoxy) is 2. The van der Waals surface area contributed by atoms with Gasteiger partial charge in [-0.15, -0.1) is 0 Å². The standard InChI is InChI=1S/C20H25N5O3/c1-24(13-19-22-7-5-18(21)23-19)15-6-8-25(12-15)20(26)14-3-4-16-17(11-14)28-10-2-9-27-16/h3-5,7,11,15H,2,6,8-10,12-13H2,1H3,(H2,21,22,23)/t15-/m1/s1. The van der Waals surface area contributed by atoms with Crippen LogP contribution in [0.1, 0.15) is 29.0 Å². The Morgan fingerprint density at radius 2 is 2.11 bits per heavy atom. The highest BCUT2D eigenvalue weighted by molar-refractivity contribution is 5.95. The Labute approximate surface area is 164 Å². The third kappa shape index (κ3) is 4.01. The lowest BCUT2D eigenvalue weighted by atomic mass is 10.1. The molecule has 2 aliphatic heterocycles. The lowest BCUT2D eigenvalue weighted by molar-refractivity contribution is 0.0779. The molecule has 3 heterocycles. The molecule has 1 amide bonds. The van der Waals surface area contributed by atoms with E-state index in [4.69, 9.17) is 15.2 Å². The number of nitrogens with two attached hydrogens (primary N) is 1. The van der Waals surface area contributed by atoms with Crippen LogP contribution in [-0.4, -0.2) is 65.1 Å². The number of likely N-dealkylation sites (N-methyl/N-ethyl adjacent to an activating group) is 1. The number of aromatic nitrogens is 2. The molecule has 1 atom stereocenters. The van der Waals surface area contributed by atoms with Gasteiger partial charge < -0.3 is 20.1 Å². The number of hydrogen-bond acceptors (Lipinski definition) is 7. The third-order valence-electron chi connectivity index (χ3n) is 5.19. The van der Waals surface area contributed by atoms with Gasteiger partial charge in [-0.25, -0.2) is 9.97 Å². The van der Waals surface area contributed by atoms with Crippen molar-refractivity contribution in [1.82, 2.24) is 19.8 Å². The van der Waals surface area contributed by atoms with Crippen molar-refractivity contribution in [3.8, 4) is 11.5 Å². The van der Waals surface area contributed by atoms with E-state index in [1.165, 1.54) is 0 Å². The highest BCUT2D eigenvalue weighted by Crippen LogP contribution is 2.31. The Kier molecular flexibility index (Phi) is 5.29. The number of carbonyl (C=O) groups excluding carboxylic acids is 1. The molecule has 0 unspecified atom stereocenters. The molecule has 2 aliphatic rings. The summed E-state index contributed by atoms with van der Waals surface area (Å²) in [6, 6.07) is 7.36. The maximum atomic E-state index is 13.0. The smallest absolute Gasteiger partial charge is 0.254 e. The SMILES string of the molecule is CN(Cc1nccc(N)n1)[C@@H]1CCN(C(=O)c2ccc3c(c2)OCCCO3)C1. The number of hydrogen-bond donors (Lipinski definition) is 1. The molecule has 8 heteroatoms. The largest absolute Gasteiger partial charge is 0.490 e. The van der Waals surface area contributed by atoms with Gasteiger partial charge in [-0.2, -0.15) is 0 Å². The minimum absolute atomic E-state index is 0.0201. The monoisotopic (exact) mass is 383 g/mol. The quantitative estimate of drug-likeness (QED) is 0.856. The fraction of sp³-hybridized carbons (Fsp3) is 0.450. The van der Waals surface area contributed by atoms with Crippen molar-refractivity contribution in [1.29, 1.82) is 0 Å². The van der Waals surface area contributed by atoms with Crippen molar-refractivity contribution < 1.29 is 14.3 Å². The first-order valence-corrected chi connectivity index (χ1v) is 9.57. The number of nitrogen functional groups attached to an aromatic ring is 1. The maximum absolute atomic E-state index is 13.0. The minimum atomic E-state index is 0.0201. The van der Waals surface area contributed by atoms with Crippen LogP contribution in [0.15, 0.2) is 30.5 Å². The van der Waals surface area contributed by atoms with Crippen LogP contribution in [0.3, 0.4) is 0 Å². The molecule has 0 radical (unpaired) electrons. The van der Waals surface area contributed by atoms with Gasteiger partial charge in [0.05, 0.1) is 19.8 Å². The highest BCUT2D eigenvalue weighted by Gasteiger charge is 2.30. The fourth-order valence-corrected chi connectivity index (χ4v) is 3.61. The third-order valence-corrected chi connectivity index (χ3v) is 5.19. The summed E-state index contributed by atoms with van der Waals surface area (Å²) in [5, 5.41) is 0. The molecular weight excluding hydrogens is 358 g/mol. The van der Waals surface area contributed by atoms with Crippen molar-refractivity contribution in [3.63, 3.8) is 0 Å². The van der Waals surface area contributed by atoms with E-state index in [9.17, 15) is 4.79 Å². The molecule has 8 nitrogen and oxygen atoms in total. The first-order valence-electron chi connectivity index (χ1n) is 9.57. The van der Waals surface area contributed by atoms with Gasteiger partial charge >= 0.3 is 0 Å². The van der Waals surface area contributed by atoms with Crippen molar-refractivity contribution in [3.05, 3.63) is 41.9 Å². The van der Waals surface area contributed by atoms with Crippen molar-refractivity contribution in [2.75, 3.05) is 39.1 Å². The Balaban J connectivity index is 1.39. The van der Waals surface area contributed by atoms with E-state index >= 15 is 0 Å². The lowest BCUT2D eigenvalue weighted by Gasteiger charge is -2.24. The molecule has 1 aromatic carbocycles. The molecule has 4 rings (SSSR count). The van der Waals surface area contributed by atoms with E-state index in [1.807, 2.05) is 24.1 Å². The van der Waals surface area contributed by atoms with Crippen LogP contribution >= 0.6 is 0 Å². The summed E-state index contributed by atoms with van der Waals surface area (Å²) < 4.78 is 11.4. The summed E-state index contributed by atoms with van der Waals surface area (Å²) in [7, 11) is 2.03. The van der Waals surface area contributed by atoms with E-state index in [1.54, 1.807) is 18.3 Å². The molecular formula is C20H25N5O3. The number of rotatable bonds is 4. The van der Waals surface area contributed by atoms with Gasteiger partial charge in [0, 0.05) is 37.3 Å². The van der Waals surface area contributed by atoms with E-state index in [0.717, 1.165) is 19.4 Å². The second-order valence-electron chi connectivity index (χ2n) is 7.22. The molecule has 0 aliphatic carbocycles. The highest BCUT2D eigenvalue weighted by atomic mass is 16.5. The number of nitrogens with zero attached hydrogens (tertiary/aromatic N) is 4. The summed E-state index contributed by atoms with van der Waals surface area (Å²) in [5.74, 6) is 2.53. The van der Waals surface area contributed by atoms with Gasteiger partial charge in [-0.3, -0.25) is 9.69 Å². The van der Waals surface area contributed by atoms with E-state index < -0.39 is 0 Å². The fourth-order valence-electron chi connectivity index (χ4n) is 3.61. The molecule has 0 spiro atoms. The molecule has 2 aromatic rings. The number of anilines is 1. The molecule has 148 valence electrons. The van der Waals surface area contributed by atoms with Gasteiger partial charge in [-0.05, 0) is 37.7 Å². The van der Waals surface area contributed by atoms with Crippen LogP contribution in [0.25, 0.3) is 0 Å². The second-order valence-corrected chi connectivity index (χ2v) is 7.22. The Bertz CT molecular complexity index is 859. The summed E-state index contributed by atoms with van der Waals surface area (Å²) >= 11 is 0. The van der Waals surface area contributed by atoms with Crippen molar-refractivity contribution >= 4 is 11.7 Å². The van der Waals surface area contributed by atoms with Crippen LogP contribution < -0.4 is 15.2 Å². The van der Waals surface area contributed by atoms with Gasteiger partial charge in [-0.1, -0.05) is 0 Å². The van der Waals surface area contributed by atoms with Crippen molar-refractivity contribution in [2.45, 2.75) is 25.4 Å². The average Bonchev–Trinajstić information content (AvgIpc) is 3.07. The first kappa shape index (κ1) is 18.5. The lowest BCUT2D eigenvalue weighted by Crippen LogP contribution is -2.36. The molecule has 0 bridgehead atoms. The zero-order chi connectivity index (χ0) is 19.5. The molecule has 1 fully saturated rings. The summed E-state index contributed by atoms with van der Waals surface area (Å²) in [6.45, 7) is 3.23. The van der Waals surface area contributed by atoms with Gasteiger partial charge in [0.2, 0.25) is 0 Å². The normalized spacial score (nSPS) is 18.9. The second kappa shape index (κ2) is 8.02. The zero-order valence-corrected chi connectivity index (χ0v) is 16.0. The average molecular weight is 383 g/mol. The van der Waals surface area contributed by atoms with E-state index in [2.05, 4.69) is 14.9 Å². The van der Waals surface area contributed by atoms with Crippen LogP contribution in [0, 0.1) is 0 Å². The van der Waals surface area contributed by atoms with Crippen LogP contribution in [0.4, 0.5) is 5.82 Å². The van der Waals surface area contributed by atoms with Crippen LogP contribution in [0.5, 0.6) is 11.5 Å². The van der Waals surface area contributed by atoms with Gasteiger partial charge in [0.25, 0.3) is 5.91 Å². The Morgan fingerprint density at radius 3 is 2.93 bits per heavy atom. The topological polar surface area (TPSA) is 93.8 Å². The molecule has 2 N–H and O–H groups in total. The number of likely N-dealkylation sites (tertiary alicyclic amines) is 1. The number of amides is 1. The predicted molar refractivity (Wildman–Crippen MR) is 104 cm³/mol. The summed E-state index contributed by atoms with van der Waals surface area (Å²) in [6.07, 6.45) is 3.42. The minimum Gasteiger partial charge on any atom is -0.490 e. The zero-order valence-electron chi connectivity index (χ0n) is 16.0. The maximum Gasteiger partial charge on any atom is 0.254 e. The summed E-state index contributed by atoms with van der Waals surface area (Å²) in [4.78, 5) is 25.5. The number of carbonyl (C=O) groups is 1. The van der Waals surface area contributed by atoms with E-state index in [0.29, 0.717) is 55.0 Å². The van der Waals surface area contributed by atoms with Crippen LogP contribution in [0.2, 0.25) is 0 Å². The van der Waals surface area contributed by atoms with Crippen LogP contribution in [-0.2, 0) is 6.54 Å². The van der Waals surface area contributed by atoms with Gasteiger partial charge in [0.1, 0.15) is 11.6 Å². The molecule has 28 heavy (non-hydrogen) atoms. The van der Waals surface area contributed by atoms with E-state index in [-0.39, 0.29) is 11.9 Å². The van der Waals surface area contributed by atoms with Crippen molar-refractivity contribution in [2.24, 2.45) is 0 Å². The number of benzene rings is 1. The first-order chi connectivity index (χ1) is 13.6. The molecule has 1 saturated heterocycles. The molecule has 0 saturated carbocycles. The molecule has 1 aromatic heterocycles. The van der Waals surface area contributed by atoms with Gasteiger partial charge in [0.15, 0.2) is 11.5 Å². The Hall–Kier alpha value is -2.87. The predicted octanol–water partition coefficient (Wildman–Crippen LogP) is 1.57.